The lowest BCUT2D eigenvalue weighted by atomic mass is 10.0. The standard InChI is InChI=1S/C21H26N2O/c1-17-8-7-11-18(14-17)21(24)22-15-19-9-3-4-10-20(19)16-23-12-5-2-6-13-23/h3-4,7-11,14H,2,5-6,12-13,15-16H2,1H3,(H,22,24)/p+1. The van der Waals surface area contributed by atoms with Gasteiger partial charge in [0.2, 0.25) is 0 Å². The van der Waals surface area contributed by atoms with Crippen molar-refractivity contribution in [2.24, 2.45) is 0 Å². The van der Waals surface area contributed by atoms with E-state index in [4.69, 9.17) is 0 Å². The molecular formula is C21H27N2O+. The molecule has 1 aliphatic heterocycles. The molecule has 3 rings (SSSR count). The highest BCUT2D eigenvalue weighted by Crippen LogP contribution is 2.09. The normalized spacial score (nSPS) is 15.2. The Kier molecular flexibility index (Phi) is 5.65. The number of amides is 1. The van der Waals surface area contributed by atoms with E-state index in [2.05, 4.69) is 29.6 Å². The summed E-state index contributed by atoms with van der Waals surface area (Å²) in [4.78, 5) is 14.0. The van der Waals surface area contributed by atoms with E-state index in [1.54, 1.807) is 4.90 Å². The second-order valence-corrected chi connectivity index (χ2v) is 6.81. The minimum atomic E-state index is -0.00109. The van der Waals surface area contributed by atoms with Crippen LogP contribution in [-0.2, 0) is 13.1 Å². The van der Waals surface area contributed by atoms with E-state index in [-0.39, 0.29) is 5.91 Å². The molecule has 0 bridgehead atoms. The summed E-state index contributed by atoms with van der Waals surface area (Å²) in [6.45, 7) is 6.20. The third-order valence-corrected chi connectivity index (χ3v) is 4.84. The summed E-state index contributed by atoms with van der Waals surface area (Å²) in [7, 11) is 0. The van der Waals surface area contributed by atoms with Crippen molar-refractivity contribution in [2.75, 3.05) is 13.1 Å². The summed E-state index contributed by atoms with van der Waals surface area (Å²) in [6, 6.07) is 16.2. The minimum Gasteiger partial charge on any atom is -0.348 e. The molecule has 2 aromatic carbocycles. The lowest BCUT2D eigenvalue weighted by Crippen LogP contribution is -3.11. The first-order valence-electron chi connectivity index (χ1n) is 8.97. The lowest BCUT2D eigenvalue weighted by Gasteiger charge is -2.24. The fourth-order valence-electron chi connectivity index (χ4n) is 3.46. The van der Waals surface area contributed by atoms with Crippen LogP contribution in [0.1, 0.15) is 46.3 Å². The molecule has 0 atom stereocenters. The van der Waals surface area contributed by atoms with E-state index in [1.165, 1.54) is 43.5 Å². The quantitative estimate of drug-likeness (QED) is 0.871. The summed E-state index contributed by atoms with van der Waals surface area (Å²) >= 11 is 0. The van der Waals surface area contributed by atoms with Gasteiger partial charge in [-0.3, -0.25) is 4.79 Å². The first kappa shape index (κ1) is 16.7. The molecule has 126 valence electrons. The molecule has 1 saturated heterocycles. The summed E-state index contributed by atoms with van der Waals surface area (Å²) in [5.41, 5.74) is 4.43. The maximum absolute atomic E-state index is 12.4. The van der Waals surface area contributed by atoms with Crippen LogP contribution >= 0.6 is 0 Å². The number of benzene rings is 2. The van der Waals surface area contributed by atoms with Crippen molar-refractivity contribution in [3.63, 3.8) is 0 Å². The molecule has 0 spiro atoms. The molecule has 0 radical (unpaired) electrons. The van der Waals surface area contributed by atoms with Crippen molar-refractivity contribution < 1.29 is 9.69 Å². The van der Waals surface area contributed by atoms with Gasteiger partial charge in [0, 0.05) is 17.7 Å². The van der Waals surface area contributed by atoms with Crippen molar-refractivity contribution in [3.8, 4) is 0 Å². The molecule has 1 amide bonds. The molecule has 1 heterocycles. The highest BCUT2D eigenvalue weighted by atomic mass is 16.1. The Bertz CT molecular complexity index is 690. The molecule has 0 aromatic heterocycles. The van der Waals surface area contributed by atoms with E-state index in [1.807, 2.05) is 31.2 Å². The zero-order valence-electron chi connectivity index (χ0n) is 14.5. The second-order valence-electron chi connectivity index (χ2n) is 6.81. The Labute approximate surface area is 144 Å². The third kappa shape index (κ3) is 4.45. The molecule has 1 aliphatic rings. The molecule has 2 N–H and O–H groups in total. The van der Waals surface area contributed by atoms with E-state index in [9.17, 15) is 4.79 Å². The second kappa shape index (κ2) is 8.11. The molecule has 2 aromatic rings. The van der Waals surface area contributed by atoms with Crippen LogP contribution in [0, 0.1) is 6.92 Å². The number of nitrogens with one attached hydrogen (secondary N) is 2. The fourth-order valence-corrected chi connectivity index (χ4v) is 3.46. The monoisotopic (exact) mass is 323 g/mol. The number of rotatable bonds is 5. The predicted molar refractivity (Wildman–Crippen MR) is 97.0 cm³/mol. The van der Waals surface area contributed by atoms with Gasteiger partial charge in [-0.15, -0.1) is 0 Å². The molecule has 0 saturated carbocycles. The van der Waals surface area contributed by atoms with E-state index in [0.29, 0.717) is 6.54 Å². The molecule has 3 nitrogen and oxygen atoms in total. The topological polar surface area (TPSA) is 33.5 Å². The van der Waals surface area contributed by atoms with E-state index >= 15 is 0 Å². The number of likely N-dealkylation sites (tertiary alicyclic amines) is 1. The summed E-state index contributed by atoms with van der Waals surface area (Å²) in [5.74, 6) is -0.00109. The number of carbonyl (C=O) groups is 1. The van der Waals surface area contributed by atoms with Crippen LogP contribution in [0.3, 0.4) is 0 Å². The van der Waals surface area contributed by atoms with Gasteiger partial charge in [0.15, 0.2) is 0 Å². The van der Waals surface area contributed by atoms with Crippen molar-refractivity contribution >= 4 is 5.91 Å². The van der Waals surface area contributed by atoms with Crippen LogP contribution in [0.2, 0.25) is 0 Å². The first-order valence-corrected chi connectivity index (χ1v) is 8.97. The smallest absolute Gasteiger partial charge is 0.251 e. The van der Waals surface area contributed by atoms with Gasteiger partial charge in [0.25, 0.3) is 5.91 Å². The largest absolute Gasteiger partial charge is 0.348 e. The fraction of sp³-hybridized carbons (Fsp3) is 0.381. The van der Waals surface area contributed by atoms with E-state index < -0.39 is 0 Å². The zero-order chi connectivity index (χ0) is 16.8. The van der Waals surface area contributed by atoms with Gasteiger partial charge in [-0.25, -0.2) is 0 Å². The average molecular weight is 323 g/mol. The molecular weight excluding hydrogens is 296 g/mol. The number of aryl methyl sites for hydroxylation is 1. The van der Waals surface area contributed by atoms with Gasteiger partial charge >= 0.3 is 0 Å². The van der Waals surface area contributed by atoms with Gasteiger partial charge in [0.05, 0.1) is 13.1 Å². The number of hydrogen-bond acceptors (Lipinski definition) is 1. The van der Waals surface area contributed by atoms with Gasteiger partial charge in [-0.1, -0.05) is 42.0 Å². The summed E-state index contributed by atoms with van der Waals surface area (Å²) in [5, 5.41) is 3.07. The van der Waals surface area contributed by atoms with Gasteiger partial charge in [-0.2, -0.15) is 0 Å². The van der Waals surface area contributed by atoms with E-state index in [0.717, 1.165) is 17.7 Å². The number of hydrogen-bond donors (Lipinski definition) is 2. The van der Waals surface area contributed by atoms with Gasteiger partial charge in [0.1, 0.15) is 6.54 Å². The van der Waals surface area contributed by atoms with Crippen LogP contribution in [0.5, 0.6) is 0 Å². The summed E-state index contributed by atoms with van der Waals surface area (Å²) < 4.78 is 0. The molecule has 1 fully saturated rings. The molecule has 0 unspecified atom stereocenters. The van der Waals surface area contributed by atoms with Crippen molar-refractivity contribution in [1.82, 2.24) is 5.32 Å². The molecule has 0 aliphatic carbocycles. The van der Waals surface area contributed by atoms with Crippen LogP contribution in [0.15, 0.2) is 48.5 Å². The number of piperidine rings is 1. The van der Waals surface area contributed by atoms with Crippen molar-refractivity contribution in [3.05, 3.63) is 70.8 Å². The SMILES string of the molecule is Cc1cccc(C(=O)NCc2ccccc2C[NH+]2CCCCC2)c1. The maximum atomic E-state index is 12.4. The van der Waals surface area contributed by atoms with Crippen molar-refractivity contribution in [1.29, 1.82) is 0 Å². The van der Waals surface area contributed by atoms with Crippen molar-refractivity contribution in [2.45, 2.75) is 39.3 Å². The minimum absolute atomic E-state index is 0.00109. The first-order chi connectivity index (χ1) is 11.7. The highest BCUT2D eigenvalue weighted by Gasteiger charge is 2.16. The number of quaternary nitrogens is 1. The Morgan fingerprint density at radius 1 is 1.00 bits per heavy atom. The number of carbonyl (C=O) groups excluding carboxylic acids is 1. The Balaban J connectivity index is 1.63. The Morgan fingerprint density at radius 2 is 1.75 bits per heavy atom. The molecule has 3 heteroatoms. The van der Waals surface area contributed by atoms with Crippen LogP contribution in [-0.4, -0.2) is 19.0 Å². The highest BCUT2D eigenvalue weighted by molar-refractivity contribution is 5.94. The van der Waals surface area contributed by atoms with Gasteiger partial charge in [-0.05, 0) is 43.9 Å². The zero-order valence-corrected chi connectivity index (χ0v) is 14.5. The lowest BCUT2D eigenvalue weighted by molar-refractivity contribution is -0.918. The van der Waals surface area contributed by atoms with Gasteiger partial charge < -0.3 is 10.2 Å². The average Bonchev–Trinajstić information content (AvgIpc) is 2.61. The maximum Gasteiger partial charge on any atom is 0.251 e. The Morgan fingerprint density at radius 3 is 2.50 bits per heavy atom. The third-order valence-electron chi connectivity index (χ3n) is 4.84. The predicted octanol–water partition coefficient (Wildman–Crippen LogP) is 2.49. The van der Waals surface area contributed by atoms with Crippen LogP contribution < -0.4 is 10.2 Å². The Hall–Kier alpha value is -2.13. The molecule has 24 heavy (non-hydrogen) atoms. The van der Waals surface area contributed by atoms with Crippen LogP contribution in [0.4, 0.5) is 0 Å². The van der Waals surface area contributed by atoms with Crippen LogP contribution in [0.25, 0.3) is 0 Å². The summed E-state index contributed by atoms with van der Waals surface area (Å²) in [6.07, 6.45) is 4.04.